The molecule has 9 nitrogen and oxygen atoms in total. The summed E-state index contributed by atoms with van der Waals surface area (Å²) in [4.78, 5) is 17.8. The number of aromatic nitrogens is 3. The molecule has 0 aliphatic carbocycles. The van der Waals surface area contributed by atoms with Crippen molar-refractivity contribution in [3.05, 3.63) is 6.20 Å². The van der Waals surface area contributed by atoms with Crippen LogP contribution in [-0.2, 0) is 9.47 Å². The van der Waals surface area contributed by atoms with Crippen LogP contribution in [0.3, 0.4) is 0 Å². The molecule has 2 rings (SSSR count). The summed E-state index contributed by atoms with van der Waals surface area (Å²) in [6.07, 6.45) is 3.04. The molecule has 0 aromatic carbocycles. The first-order valence-corrected chi connectivity index (χ1v) is 7.83. The highest BCUT2D eigenvalue weighted by Gasteiger charge is 2.23. The normalized spacial score (nSPS) is 15.3. The third-order valence-electron chi connectivity index (χ3n) is 3.52. The number of methoxy groups -OCH3 is 1. The summed E-state index contributed by atoms with van der Waals surface area (Å²) in [5, 5.41) is 14.2. The van der Waals surface area contributed by atoms with E-state index in [1.165, 1.54) is 0 Å². The second-order valence-electron chi connectivity index (χ2n) is 5.19. The van der Waals surface area contributed by atoms with Gasteiger partial charge in [-0.3, -0.25) is 0 Å². The zero-order valence-electron chi connectivity index (χ0n) is 13.6. The second-order valence-corrected chi connectivity index (χ2v) is 5.19. The molecule has 0 saturated carbocycles. The number of carbonyl (C=O) groups is 1. The summed E-state index contributed by atoms with van der Waals surface area (Å²) in [6.45, 7) is 4.77. The Morgan fingerprint density at radius 1 is 1.43 bits per heavy atom. The molecule has 9 heteroatoms. The second kappa shape index (κ2) is 9.09. The van der Waals surface area contributed by atoms with Gasteiger partial charge in [0.2, 0.25) is 5.95 Å². The van der Waals surface area contributed by atoms with Crippen molar-refractivity contribution in [3.8, 4) is 0 Å². The fraction of sp³-hybridized carbons (Fsp3) is 0.714. The number of anilines is 2. The lowest BCUT2D eigenvalue weighted by Gasteiger charge is -2.31. The van der Waals surface area contributed by atoms with Crippen LogP contribution >= 0.6 is 0 Å². The van der Waals surface area contributed by atoms with Gasteiger partial charge in [-0.1, -0.05) is 0 Å². The monoisotopic (exact) mass is 324 g/mol. The lowest BCUT2D eigenvalue weighted by atomic mass is 10.1. The van der Waals surface area contributed by atoms with Crippen LogP contribution in [0.25, 0.3) is 0 Å². The summed E-state index contributed by atoms with van der Waals surface area (Å²) >= 11 is 0. The van der Waals surface area contributed by atoms with E-state index in [4.69, 9.17) is 9.47 Å². The first-order valence-electron chi connectivity index (χ1n) is 7.83. The van der Waals surface area contributed by atoms with E-state index in [9.17, 15) is 4.79 Å². The standard InChI is InChI=1S/C14H24N6O3/c1-3-23-14(21)20-7-4-11(5-8-20)17-12-10-16-19-13(18-12)15-6-9-22-2/h10-11H,3-9H2,1-2H3,(H2,15,17,18,19). The van der Waals surface area contributed by atoms with E-state index in [1.807, 2.05) is 6.92 Å². The summed E-state index contributed by atoms with van der Waals surface area (Å²) in [7, 11) is 1.64. The number of hydrogen-bond acceptors (Lipinski definition) is 8. The van der Waals surface area contributed by atoms with Crippen LogP contribution in [0.5, 0.6) is 0 Å². The summed E-state index contributed by atoms with van der Waals surface area (Å²) in [5.41, 5.74) is 0. The van der Waals surface area contributed by atoms with E-state index in [0.29, 0.717) is 44.6 Å². The van der Waals surface area contributed by atoms with Gasteiger partial charge in [0.25, 0.3) is 0 Å². The molecule has 1 fully saturated rings. The summed E-state index contributed by atoms with van der Waals surface area (Å²) < 4.78 is 9.98. The predicted molar refractivity (Wildman–Crippen MR) is 85.4 cm³/mol. The lowest BCUT2D eigenvalue weighted by Crippen LogP contribution is -2.42. The highest BCUT2D eigenvalue weighted by molar-refractivity contribution is 5.67. The van der Waals surface area contributed by atoms with Crippen molar-refractivity contribution in [1.29, 1.82) is 0 Å². The van der Waals surface area contributed by atoms with Crippen LogP contribution in [0, 0.1) is 0 Å². The fourth-order valence-electron chi connectivity index (χ4n) is 2.34. The van der Waals surface area contributed by atoms with Crippen LogP contribution in [-0.4, -0.2) is 72.2 Å². The quantitative estimate of drug-likeness (QED) is 0.715. The Morgan fingerprint density at radius 2 is 2.22 bits per heavy atom. The van der Waals surface area contributed by atoms with Gasteiger partial charge in [0.05, 0.1) is 19.4 Å². The molecule has 0 unspecified atom stereocenters. The Balaban J connectivity index is 1.79. The van der Waals surface area contributed by atoms with Crippen molar-refractivity contribution in [2.45, 2.75) is 25.8 Å². The molecule has 1 aromatic heterocycles. The average molecular weight is 324 g/mol. The Morgan fingerprint density at radius 3 is 2.91 bits per heavy atom. The van der Waals surface area contributed by atoms with Crippen molar-refractivity contribution >= 4 is 17.9 Å². The molecule has 0 radical (unpaired) electrons. The molecule has 23 heavy (non-hydrogen) atoms. The molecule has 1 saturated heterocycles. The van der Waals surface area contributed by atoms with Gasteiger partial charge in [-0.25, -0.2) is 4.79 Å². The number of carbonyl (C=O) groups excluding carboxylic acids is 1. The average Bonchev–Trinajstić information content (AvgIpc) is 2.56. The third-order valence-corrected chi connectivity index (χ3v) is 3.52. The van der Waals surface area contributed by atoms with Gasteiger partial charge < -0.3 is 25.0 Å². The van der Waals surface area contributed by atoms with Gasteiger partial charge in [0, 0.05) is 32.8 Å². The highest BCUT2D eigenvalue weighted by Crippen LogP contribution is 2.16. The zero-order chi connectivity index (χ0) is 16.5. The Kier molecular flexibility index (Phi) is 6.79. The molecular weight excluding hydrogens is 300 g/mol. The van der Waals surface area contributed by atoms with Crippen molar-refractivity contribution < 1.29 is 14.3 Å². The first-order chi connectivity index (χ1) is 11.2. The minimum Gasteiger partial charge on any atom is -0.450 e. The van der Waals surface area contributed by atoms with Crippen LogP contribution < -0.4 is 10.6 Å². The molecule has 0 bridgehead atoms. The number of ether oxygens (including phenoxy) is 2. The maximum atomic E-state index is 11.7. The van der Waals surface area contributed by atoms with Crippen LogP contribution in [0.1, 0.15) is 19.8 Å². The van der Waals surface area contributed by atoms with Gasteiger partial charge >= 0.3 is 6.09 Å². The Bertz CT molecular complexity index is 493. The van der Waals surface area contributed by atoms with Gasteiger partial charge in [0.15, 0.2) is 5.82 Å². The van der Waals surface area contributed by atoms with Crippen molar-refractivity contribution in [1.82, 2.24) is 20.1 Å². The van der Waals surface area contributed by atoms with Gasteiger partial charge in [-0.05, 0) is 19.8 Å². The van der Waals surface area contributed by atoms with Gasteiger partial charge in [-0.15, -0.1) is 5.10 Å². The van der Waals surface area contributed by atoms with E-state index in [2.05, 4.69) is 25.8 Å². The van der Waals surface area contributed by atoms with Crippen LogP contribution in [0.15, 0.2) is 6.20 Å². The molecular formula is C14H24N6O3. The van der Waals surface area contributed by atoms with Crippen molar-refractivity contribution in [2.75, 3.05) is 50.6 Å². The van der Waals surface area contributed by atoms with Crippen LogP contribution in [0.4, 0.5) is 16.6 Å². The predicted octanol–water partition coefficient (Wildman–Crippen LogP) is 0.963. The molecule has 2 N–H and O–H groups in total. The summed E-state index contributed by atoms with van der Waals surface area (Å²) in [6, 6.07) is 0.254. The number of nitrogens with one attached hydrogen (secondary N) is 2. The number of nitrogens with zero attached hydrogens (tertiary/aromatic N) is 4. The van der Waals surface area contributed by atoms with Gasteiger partial charge in [0.1, 0.15) is 0 Å². The maximum absolute atomic E-state index is 11.7. The molecule has 0 spiro atoms. The maximum Gasteiger partial charge on any atom is 0.409 e. The lowest BCUT2D eigenvalue weighted by molar-refractivity contribution is 0.0983. The topological polar surface area (TPSA) is 102 Å². The van der Waals surface area contributed by atoms with Crippen molar-refractivity contribution in [2.24, 2.45) is 0 Å². The molecule has 1 aliphatic rings. The molecule has 1 aromatic rings. The van der Waals surface area contributed by atoms with E-state index < -0.39 is 0 Å². The summed E-state index contributed by atoms with van der Waals surface area (Å²) in [5.74, 6) is 1.14. The minimum absolute atomic E-state index is 0.237. The van der Waals surface area contributed by atoms with E-state index in [-0.39, 0.29) is 12.1 Å². The van der Waals surface area contributed by atoms with Crippen LogP contribution in [0.2, 0.25) is 0 Å². The molecule has 128 valence electrons. The number of hydrogen-bond donors (Lipinski definition) is 2. The molecule has 0 atom stereocenters. The Labute approximate surface area is 135 Å². The van der Waals surface area contributed by atoms with Crippen molar-refractivity contribution in [3.63, 3.8) is 0 Å². The first kappa shape index (κ1) is 17.2. The minimum atomic E-state index is -0.237. The van der Waals surface area contributed by atoms with E-state index in [0.717, 1.165) is 12.8 Å². The van der Waals surface area contributed by atoms with Gasteiger partial charge in [-0.2, -0.15) is 10.1 Å². The number of piperidine rings is 1. The van der Waals surface area contributed by atoms with E-state index >= 15 is 0 Å². The fourth-order valence-corrected chi connectivity index (χ4v) is 2.34. The molecule has 1 aliphatic heterocycles. The third kappa shape index (κ3) is 5.51. The highest BCUT2D eigenvalue weighted by atomic mass is 16.6. The number of likely N-dealkylation sites (tertiary alicyclic amines) is 1. The molecule has 1 amide bonds. The zero-order valence-corrected chi connectivity index (χ0v) is 13.6. The number of rotatable bonds is 7. The number of amides is 1. The molecule has 2 heterocycles. The Hall–Kier alpha value is -2.16. The SMILES string of the molecule is CCOC(=O)N1CCC(Nc2cnnc(NCCOC)n2)CC1. The van der Waals surface area contributed by atoms with E-state index in [1.54, 1.807) is 18.2 Å². The smallest absolute Gasteiger partial charge is 0.409 e. The largest absolute Gasteiger partial charge is 0.450 e.